The molecular weight excluding hydrogens is 595 g/mol. The average molecular weight is 626 g/mol. The van der Waals surface area contributed by atoms with Gasteiger partial charge in [-0.15, -0.1) is 0 Å². The van der Waals surface area contributed by atoms with Crippen LogP contribution in [0.4, 0.5) is 0 Å². The highest BCUT2D eigenvalue weighted by Crippen LogP contribution is 2.40. The van der Waals surface area contributed by atoms with E-state index in [4.69, 9.17) is 9.97 Å². The Kier molecular flexibility index (Phi) is 7.14. The number of hydrogen-bond acceptors (Lipinski definition) is 2. The maximum Gasteiger partial charge on any atom is 0.160 e. The van der Waals surface area contributed by atoms with Crippen LogP contribution in [0.15, 0.2) is 188 Å². The summed E-state index contributed by atoms with van der Waals surface area (Å²) in [5, 5.41) is 2.39. The normalized spacial score (nSPS) is 11.3. The Hall–Kier alpha value is -6.58. The summed E-state index contributed by atoms with van der Waals surface area (Å²) in [5.74, 6) is 0.707. The van der Waals surface area contributed by atoms with E-state index < -0.39 is 0 Å². The average Bonchev–Trinajstić information content (AvgIpc) is 3.53. The Balaban J connectivity index is 1.24. The zero-order valence-electron chi connectivity index (χ0n) is 26.7. The van der Waals surface area contributed by atoms with Gasteiger partial charge in [-0.05, 0) is 47.0 Å². The van der Waals surface area contributed by atoms with Crippen LogP contribution in [-0.2, 0) is 0 Å². The number of aromatic nitrogens is 3. The van der Waals surface area contributed by atoms with Crippen LogP contribution in [0.25, 0.3) is 83.6 Å². The molecule has 3 heteroatoms. The molecule has 0 saturated carbocycles. The monoisotopic (exact) mass is 625 g/mol. The Labute approximate surface area is 285 Å². The van der Waals surface area contributed by atoms with Crippen LogP contribution < -0.4 is 0 Å². The first kappa shape index (κ1) is 28.6. The largest absolute Gasteiger partial charge is 0.309 e. The van der Waals surface area contributed by atoms with Gasteiger partial charge in [0.2, 0.25) is 0 Å². The van der Waals surface area contributed by atoms with Gasteiger partial charge in [-0.25, -0.2) is 9.97 Å². The van der Waals surface area contributed by atoms with Crippen LogP contribution in [0.2, 0.25) is 0 Å². The van der Waals surface area contributed by atoms with Crippen molar-refractivity contribution >= 4 is 21.8 Å². The molecule has 0 spiro atoms. The number of hydrogen-bond donors (Lipinski definition) is 0. The van der Waals surface area contributed by atoms with Crippen molar-refractivity contribution in [2.24, 2.45) is 0 Å². The fourth-order valence-electron chi connectivity index (χ4n) is 6.85. The predicted octanol–water partition coefficient (Wildman–Crippen LogP) is 11.9. The molecule has 0 bridgehead atoms. The molecule has 3 nitrogen and oxygen atoms in total. The minimum atomic E-state index is 0.707. The third kappa shape index (κ3) is 5.28. The van der Waals surface area contributed by atoms with Gasteiger partial charge >= 0.3 is 0 Å². The van der Waals surface area contributed by atoms with E-state index in [0.717, 1.165) is 39.3 Å². The minimum absolute atomic E-state index is 0.707. The topological polar surface area (TPSA) is 30.7 Å². The van der Waals surface area contributed by atoms with Gasteiger partial charge in [0.05, 0.1) is 22.4 Å². The Morgan fingerprint density at radius 3 is 1.55 bits per heavy atom. The standard InChI is InChI=1S/C46H31N3/c1-5-14-32(15-6-1)33-24-26-35(27-25-33)42-31-43(48-46(47-42)36-18-9-3-10-19-36)37-28-29-44-41(30-37)40-23-13-22-39(34-16-7-2-8-17-34)45(40)49(44)38-20-11-4-12-21-38/h1-31H. The molecule has 7 aromatic carbocycles. The number of fused-ring (bicyclic) bond motifs is 3. The van der Waals surface area contributed by atoms with Crippen molar-refractivity contribution in [2.45, 2.75) is 0 Å². The van der Waals surface area contributed by atoms with Crippen molar-refractivity contribution in [3.63, 3.8) is 0 Å². The lowest BCUT2D eigenvalue weighted by atomic mass is 10.0. The fourth-order valence-corrected chi connectivity index (χ4v) is 6.85. The maximum absolute atomic E-state index is 5.16. The zero-order valence-corrected chi connectivity index (χ0v) is 26.7. The van der Waals surface area contributed by atoms with Gasteiger partial charge in [-0.3, -0.25) is 0 Å². The van der Waals surface area contributed by atoms with Gasteiger partial charge in [0, 0.05) is 38.7 Å². The van der Waals surface area contributed by atoms with Gasteiger partial charge < -0.3 is 4.57 Å². The highest BCUT2D eigenvalue weighted by molar-refractivity contribution is 6.14. The minimum Gasteiger partial charge on any atom is -0.309 e. The third-order valence-electron chi connectivity index (χ3n) is 9.23. The summed E-state index contributed by atoms with van der Waals surface area (Å²) in [6.45, 7) is 0. The Morgan fingerprint density at radius 1 is 0.347 bits per heavy atom. The summed E-state index contributed by atoms with van der Waals surface area (Å²) in [7, 11) is 0. The first-order chi connectivity index (χ1) is 24.3. The molecule has 230 valence electrons. The summed E-state index contributed by atoms with van der Waals surface area (Å²) < 4.78 is 2.39. The van der Waals surface area contributed by atoms with Crippen molar-refractivity contribution in [3.8, 4) is 61.8 Å². The molecule has 0 saturated heterocycles. The van der Waals surface area contributed by atoms with Crippen LogP contribution in [0, 0.1) is 0 Å². The van der Waals surface area contributed by atoms with Gasteiger partial charge in [0.25, 0.3) is 0 Å². The summed E-state index contributed by atoms with van der Waals surface area (Å²) >= 11 is 0. The van der Waals surface area contributed by atoms with Gasteiger partial charge in [-0.1, -0.05) is 158 Å². The molecule has 0 aliphatic rings. The Bertz CT molecular complexity index is 2560. The fraction of sp³-hybridized carbons (Fsp3) is 0. The van der Waals surface area contributed by atoms with E-state index in [0.29, 0.717) is 5.82 Å². The van der Waals surface area contributed by atoms with Crippen LogP contribution >= 0.6 is 0 Å². The van der Waals surface area contributed by atoms with E-state index in [-0.39, 0.29) is 0 Å². The summed E-state index contributed by atoms with van der Waals surface area (Å²) in [6, 6.07) is 66.1. The number of rotatable bonds is 6. The molecule has 2 heterocycles. The van der Waals surface area contributed by atoms with E-state index in [2.05, 4.69) is 168 Å². The number of benzene rings is 7. The van der Waals surface area contributed by atoms with Crippen molar-refractivity contribution in [1.29, 1.82) is 0 Å². The summed E-state index contributed by atoms with van der Waals surface area (Å²) in [6.07, 6.45) is 0. The highest BCUT2D eigenvalue weighted by Gasteiger charge is 2.18. The lowest BCUT2D eigenvalue weighted by Gasteiger charge is -2.12. The SMILES string of the molecule is c1ccc(-c2ccc(-c3cc(-c4ccc5c(c4)c4cccc(-c6ccccc6)c4n5-c4ccccc4)nc(-c4ccccc4)n3)cc2)cc1. The van der Waals surface area contributed by atoms with Gasteiger partial charge in [-0.2, -0.15) is 0 Å². The number of para-hydroxylation sites is 2. The zero-order chi connectivity index (χ0) is 32.6. The molecule has 0 amide bonds. The van der Waals surface area contributed by atoms with Gasteiger partial charge in [0.1, 0.15) is 0 Å². The van der Waals surface area contributed by atoms with E-state index in [1.807, 2.05) is 24.3 Å². The van der Waals surface area contributed by atoms with Crippen molar-refractivity contribution in [1.82, 2.24) is 14.5 Å². The molecule has 0 aliphatic heterocycles. The van der Waals surface area contributed by atoms with Gasteiger partial charge in [0.15, 0.2) is 5.82 Å². The second kappa shape index (κ2) is 12.2. The molecule has 0 radical (unpaired) electrons. The third-order valence-corrected chi connectivity index (χ3v) is 9.23. The van der Waals surface area contributed by atoms with Crippen LogP contribution in [0.3, 0.4) is 0 Å². The molecule has 9 aromatic rings. The molecule has 0 fully saturated rings. The quantitative estimate of drug-likeness (QED) is 0.184. The molecule has 9 rings (SSSR count). The highest BCUT2D eigenvalue weighted by atomic mass is 15.0. The second-order valence-corrected chi connectivity index (χ2v) is 12.2. The first-order valence-electron chi connectivity index (χ1n) is 16.6. The van der Waals surface area contributed by atoms with Crippen LogP contribution in [-0.4, -0.2) is 14.5 Å². The Morgan fingerprint density at radius 2 is 0.878 bits per heavy atom. The van der Waals surface area contributed by atoms with Crippen molar-refractivity contribution in [2.75, 3.05) is 0 Å². The molecule has 0 N–H and O–H groups in total. The molecular formula is C46H31N3. The van der Waals surface area contributed by atoms with Crippen LogP contribution in [0.5, 0.6) is 0 Å². The van der Waals surface area contributed by atoms with Crippen LogP contribution in [0.1, 0.15) is 0 Å². The maximum atomic E-state index is 5.16. The number of nitrogens with zero attached hydrogens (tertiary/aromatic N) is 3. The molecule has 0 aliphatic carbocycles. The second-order valence-electron chi connectivity index (χ2n) is 12.2. The van der Waals surface area contributed by atoms with Crippen molar-refractivity contribution in [3.05, 3.63) is 188 Å². The predicted molar refractivity (Wildman–Crippen MR) is 204 cm³/mol. The lowest BCUT2D eigenvalue weighted by Crippen LogP contribution is -1.96. The van der Waals surface area contributed by atoms with E-state index in [1.165, 1.54) is 38.5 Å². The molecule has 2 aromatic heterocycles. The van der Waals surface area contributed by atoms with E-state index in [1.54, 1.807) is 0 Å². The van der Waals surface area contributed by atoms with Crippen molar-refractivity contribution < 1.29 is 0 Å². The molecule has 0 atom stereocenters. The smallest absolute Gasteiger partial charge is 0.160 e. The van der Waals surface area contributed by atoms with E-state index in [9.17, 15) is 0 Å². The molecule has 49 heavy (non-hydrogen) atoms. The summed E-state index contributed by atoms with van der Waals surface area (Å²) in [5.41, 5.74) is 13.1. The van der Waals surface area contributed by atoms with E-state index >= 15 is 0 Å². The molecule has 0 unspecified atom stereocenters. The summed E-state index contributed by atoms with van der Waals surface area (Å²) in [4.78, 5) is 10.3. The lowest BCUT2D eigenvalue weighted by molar-refractivity contribution is 1.18. The first-order valence-corrected chi connectivity index (χ1v) is 16.6.